The van der Waals surface area contributed by atoms with Crippen LogP contribution in [0.5, 0.6) is 0 Å². The molecule has 7 nitrogen and oxygen atoms in total. The summed E-state index contributed by atoms with van der Waals surface area (Å²) < 4.78 is 10.1. The number of carbonyl (C=O) groups is 3. The highest BCUT2D eigenvalue weighted by molar-refractivity contribution is 6.12. The molecule has 3 rings (SSSR count). The van der Waals surface area contributed by atoms with Gasteiger partial charge in [0.1, 0.15) is 5.60 Å². The highest BCUT2D eigenvalue weighted by atomic mass is 16.6. The summed E-state index contributed by atoms with van der Waals surface area (Å²) in [5.41, 5.74) is 0.804. The fourth-order valence-corrected chi connectivity index (χ4v) is 3.20. The summed E-state index contributed by atoms with van der Waals surface area (Å²) in [6.45, 7) is 5.26. The molecule has 1 saturated carbocycles. The van der Waals surface area contributed by atoms with Crippen LogP contribution in [0.25, 0.3) is 0 Å². The lowest BCUT2D eigenvalue weighted by molar-refractivity contribution is -0.119. The van der Waals surface area contributed by atoms with E-state index in [0.29, 0.717) is 5.69 Å². The zero-order valence-corrected chi connectivity index (χ0v) is 15.1. The van der Waals surface area contributed by atoms with Crippen LogP contribution in [-0.4, -0.2) is 37.7 Å². The minimum atomic E-state index is -0.667. The minimum Gasteiger partial charge on any atom is -0.465 e. The van der Waals surface area contributed by atoms with Crippen LogP contribution in [0.2, 0.25) is 0 Å². The molecule has 1 aromatic carbocycles. The van der Waals surface area contributed by atoms with Gasteiger partial charge in [-0.15, -0.1) is 0 Å². The number of anilines is 2. The molecule has 7 heteroatoms. The van der Waals surface area contributed by atoms with E-state index in [1.807, 2.05) is 0 Å². The van der Waals surface area contributed by atoms with E-state index in [2.05, 4.69) is 5.32 Å². The van der Waals surface area contributed by atoms with Crippen LogP contribution >= 0.6 is 0 Å². The zero-order chi connectivity index (χ0) is 18.6. The van der Waals surface area contributed by atoms with Crippen molar-refractivity contribution in [3.05, 3.63) is 23.3 Å². The van der Waals surface area contributed by atoms with Crippen LogP contribution in [0, 0.1) is 0 Å². The monoisotopic (exact) mass is 346 g/mol. The van der Waals surface area contributed by atoms with E-state index in [9.17, 15) is 14.4 Å². The molecule has 0 saturated heterocycles. The number of rotatable bonds is 2. The number of nitrogens with zero attached hydrogens (tertiary/aromatic N) is 1. The van der Waals surface area contributed by atoms with Crippen molar-refractivity contribution in [2.24, 2.45) is 0 Å². The van der Waals surface area contributed by atoms with E-state index in [0.717, 1.165) is 18.4 Å². The molecule has 0 bridgehead atoms. The molecule has 0 aromatic heterocycles. The lowest BCUT2D eigenvalue weighted by Crippen LogP contribution is -2.28. The van der Waals surface area contributed by atoms with Gasteiger partial charge in [0, 0.05) is 12.7 Å². The summed E-state index contributed by atoms with van der Waals surface area (Å²) in [6.07, 6.45) is 0.874. The van der Waals surface area contributed by atoms with Crippen LogP contribution in [0.15, 0.2) is 12.1 Å². The highest BCUT2D eigenvalue weighted by Crippen LogP contribution is 2.57. The van der Waals surface area contributed by atoms with Gasteiger partial charge in [-0.3, -0.25) is 10.1 Å². The first-order chi connectivity index (χ1) is 11.6. The maximum Gasteiger partial charge on any atom is 0.412 e. The first-order valence-electron chi connectivity index (χ1n) is 8.14. The number of nitrogens with one attached hydrogen (secondary N) is 1. The third-order valence-corrected chi connectivity index (χ3v) is 4.52. The number of hydrogen-bond acceptors (Lipinski definition) is 5. The van der Waals surface area contributed by atoms with Gasteiger partial charge < -0.3 is 14.4 Å². The quantitative estimate of drug-likeness (QED) is 0.832. The van der Waals surface area contributed by atoms with E-state index in [1.54, 1.807) is 44.9 Å². The van der Waals surface area contributed by atoms with E-state index in [-0.39, 0.29) is 17.2 Å². The van der Waals surface area contributed by atoms with Crippen molar-refractivity contribution in [2.75, 3.05) is 24.4 Å². The van der Waals surface area contributed by atoms with Gasteiger partial charge in [-0.1, -0.05) is 0 Å². The second-order valence-electron chi connectivity index (χ2n) is 7.48. The molecular formula is C18H22N2O5. The fourth-order valence-electron chi connectivity index (χ4n) is 3.20. The molecular weight excluding hydrogens is 324 g/mol. The van der Waals surface area contributed by atoms with E-state index in [4.69, 9.17) is 9.47 Å². The molecule has 1 aliphatic carbocycles. The molecule has 1 aromatic rings. The second kappa shape index (κ2) is 5.47. The maximum atomic E-state index is 12.5. The Bertz CT molecular complexity index is 774. The smallest absolute Gasteiger partial charge is 0.412 e. The van der Waals surface area contributed by atoms with Crippen molar-refractivity contribution in [2.45, 2.75) is 44.6 Å². The van der Waals surface area contributed by atoms with Gasteiger partial charge in [0.2, 0.25) is 5.91 Å². The third kappa shape index (κ3) is 2.83. The predicted octanol–water partition coefficient (Wildman–Crippen LogP) is 2.83. The maximum absolute atomic E-state index is 12.5. The average molecular weight is 346 g/mol. The van der Waals surface area contributed by atoms with Crippen molar-refractivity contribution < 1.29 is 23.9 Å². The van der Waals surface area contributed by atoms with Gasteiger partial charge in [-0.25, -0.2) is 9.59 Å². The zero-order valence-electron chi connectivity index (χ0n) is 15.1. The first kappa shape index (κ1) is 17.3. The van der Waals surface area contributed by atoms with Crippen molar-refractivity contribution in [3.63, 3.8) is 0 Å². The van der Waals surface area contributed by atoms with Gasteiger partial charge in [-0.2, -0.15) is 0 Å². The fraction of sp³-hybridized carbons (Fsp3) is 0.500. The Morgan fingerprint density at radius 3 is 2.40 bits per heavy atom. The Morgan fingerprint density at radius 1 is 1.24 bits per heavy atom. The molecule has 1 fully saturated rings. The lowest BCUT2D eigenvalue weighted by atomic mass is 9.95. The van der Waals surface area contributed by atoms with Crippen LogP contribution in [0.1, 0.15) is 49.5 Å². The highest BCUT2D eigenvalue weighted by Gasteiger charge is 2.58. The van der Waals surface area contributed by atoms with Gasteiger partial charge in [0.05, 0.1) is 23.8 Å². The largest absolute Gasteiger partial charge is 0.465 e. The minimum absolute atomic E-state index is 0.0210. The number of esters is 1. The molecule has 1 aliphatic heterocycles. The SMILES string of the molecule is COC(=O)c1cc2c(cc1NC(=O)OC(C)(C)C)C1(CC1)C(=O)N2C. The summed E-state index contributed by atoms with van der Waals surface area (Å²) in [4.78, 5) is 38.4. The molecule has 0 unspecified atom stereocenters. The molecule has 134 valence electrons. The van der Waals surface area contributed by atoms with Gasteiger partial charge in [0.25, 0.3) is 0 Å². The number of fused-ring (bicyclic) bond motifs is 2. The molecule has 1 spiro atoms. The summed E-state index contributed by atoms with van der Waals surface area (Å²) in [6, 6.07) is 3.29. The van der Waals surface area contributed by atoms with E-state index in [1.165, 1.54) is 7.11 Å². The lowest BCUT2D eigenvalue weighted by Gasteiger charge is -2.21. The van der Waals surface area contributed by atoms with Crippen molar-refractivity contribution in [1.82, 2.24) is 0 Å². The summed E-state index contributed by atoms with van der Waals surface area (Å²) in [5.74, 6) is -0.570. The standard InChI is InChI=1S/C18H22N2O5/c1-17(2,3)25-16(23)19-12-9-11-13(8-10(12)14(21)24-5)20(4)15(22)18(11)6-7-18/h8-9H,6-7H2,1-5H3,(H,19,23). The molecule has 25 heavy (non-hydrogen) atoms. The summed E-state index contributed by atoms with van der Waals surface area (Å²) >= 11 is 0. The van der Waals surface area contributed by atoms with Crippen LogP contribution in [-0.2, 0) is 19.7 Å². The molecule has 0 radical (unpaired) electrons. The van der Waals surface area contributed by atoms with Crippen molar-refractivity contribution in [3.8, 4) is 0 Å². The van der Waals surface area contributed by atoms with Gasteiger partial charge >= 0.3 is 12.1 Å². The number of benzene rings is 1. The molecule has 1 heterocycles. The predicted molar refractivity (Wildman–Crippen MR) is 92.0 cm³/mol. The number of methoxy groups -OCH3 is 1. The van der Waals surface area contributed by atoms with E-state index >= 15 is 0 Å². The first-order valence-corrected chi connectivity index (χ1v) is 8.14. The number of ether oxygens (including phenoxy) is 2. The van der Waals surface area contributed by atoms with E-state index < -0.39 is 23.1 Å². The second-order valence-corrected chi connectivity index (χ2v) is 7.48. The topological polar surface area (TPSA) is 84.9 Å². The Kier molecular flexibility index (Phi) is 3.78. The Labute approximate surface area is 146 Å². The molecule has 0 atom stereocenters. The number of carbonyl (C=O) groups excluding carboxylic acids is 3. The van der Waals surface area contributed by atoms with Crippen LogP contribution in [0.4, 0.5) is 16.2 Å². The number of hydrogen-bond donors (Lipinski definition) is 1. The van der Waals surface area contributed by atoms with Crippen molar-refractivity contribution in [1.29, 1.82) is 0 Å². The summed E-state index contributed by atoms with van der Waals surface area (Å²) in [7, 11) is 2.96. The number of likely N-dealkylation sites (N-methyl/N-ethyl adjacent to an activating group) is 1. The van der Waals surface area contributed by atoms with Crippen LogP contribution < -0.4 is 10.2 Å². The third-order valence-electron chi connectivity index (χ3n) is 4.52. The average Bonchev–Trinajstić information content (AvgIpc) is 3.28. The Balaban J connectivity index is 2.03. The van der Waals surface area contributed by atoms with Crippen LogP contribution in [0.3, 0.4) is 0 Å². The molecule has 1 N–H and O–H groups in total. The number of amides is 2. The normalized spacial score (nSPS) is 17.3. The van der Waals surface area contributed by atoms with Gasteiger partial charge in [0.15, 0.2) is 0 Å². The Hall–Kier alpha value is -2.57. The summed E-state index contributed by atoms with van der Waals surface area (Å²) in [5, 5.41) is 2.62. The Morgan fingerprint density at radius 2 is 1.88 bits per heavy atom. The van der Waals surface area contributed by atoms with Gasteiger partial charge in [-0.05, 0) is 51.3 Å². The molecule has 2 amide bonds. The van der Waals surface area contributed by atoms with Crippen molar-refractivity contribution >= 4 is 29.3 Å². The molecule has 2 aliphatic rings.